The Morgan fingerprint density at radius 3 is 2.38 bits per heavy atom. The molecule has 2 nitrogen and oxygen atoms in total. The van der Waals surface area contributed by atoms with Crippen LogP contribution in [0.1, 0.15) is 33.1 Å². The van der Waals surface area contributed by atoms with Gasteiger partial charge in [0.2, 0.25) is 0 Å². The summed E-state index contributed by atoms with van der Waals surface area (Å²) in [6.45, 7) is 6.55. The smallest absolute Gasteiger partial charge is 0.0587 e. The zero-order valence-corrected chi connectivity index (χ0v) is 9.18. The normalized spacial score (nSPS) is 34.8. The van der Waals surface area contributed by atoms with Crippen LogP contribution >= 0.6 is 0 Å². The lowest BCUT2D eigenvalue weighted by Crippen LogP contribution is -2.43. The predicted octanol–water partition coefficient (Wildman–Crippen LogP) is 2.05. The standard InChI is InChI=1S/C11H23NO/c1-9-5-4-6-10(2)11(9)12-7-8-13-3/h9-12H,4-8H2,1-3H3. The first-order valence-electron chi connectivity index (χ1n) is 5.48. The highest BCUT2D eigenvalue weighted by atomic mass is 16.5. The van der Waals surface area contributed by atoms with Crippen molar-refractivity contribution in [2.45, 2.75) is 39.2 Å². The number of rotatable bonds is 4. The molecule has 0 aromatic heterocycles. The lowest BCUT2D eigenvalue weighted by atomic mass is 9.79. The molecule has 0 radical (unpaired) electrons. The van der Waals surface area contributed by atoms with Crippen LogP contribution in [0.15, 0.2) is 0 Å². The minimum atomic E-state index is 0.712. The van der Waals surface area contributed by atoms with Gasteiger partial charge in [-0.2, -0.15) is 0 Å². The van der Waals surface area contributed by atoms with Crippen LogP contribution in [0.5, 0.6) is 0 Å². The summed E-state index contributed by atoms with van der Waals surface area (Å²) in [6.07, 6.45) is 4.18. The highest BCUT2D eigenvalue weighted by Gasteiger charge is 2.26. The molecule has 0 amide bonds. The number of methoxy groups -OCH3 is 1. The Kier molecular flexibility index (Phi) is 4.74. The first-order chi connectivity index (χ1) is 6.25. The molecule has 0 bridgehead atoms. The summed E-state index contributed by atoms with van der Waals surface area (Å²) in [5.74, 6) is 1.67. The average Bonchev–Trinajstić information content (AvgIpc) is 2.10. The van der Waals surface area contributed by atoms with Gasteiger partial charge in [0.1, 0.15) is 0 Å². The molecule has 78 valence electrons. The molecule has 13 heavy (non-hydrogen) atoms. The molecule has 0 spiro atoms. The van der Waals surface area contributed by atoms with E-state index in [0.717, 1.165) is 25.0 Å². The Balaban J connectivity index is 2.26. The van der Waals surface area contributed by atoms with Crippen molar-refractivity contribution < 1.29 is 4.74 Å². The molecule has 0 aliphatic heterocycles. The third-order valence-electron chi connectivity index (χ3n) is 3.23. The summed E-state index contributed by atoms with van der Waals surface area (Å²) in [7, 11) is 1.76. The van der Waals surface area contributed by atoms with Crippen LogP contribution in [0.3, 0.4) is 0 Å². The van der Waals surface area contributed by atoms with Gasteiger partial charge < -0.3 is 10.1 Å². The summed E-state index contributed by atoms with van der Waals surface area (Å²) in [4.78, 5) is 0. The molecule has 0 saturated heterocycles. The van der Waals surface area contributed by atoms with Crippen molar-refractivity contribution in [2.75, 3.05) is 20.3 Å². The summed E-state index contributed by atoms with van der Waals surface area (Å²) in [5, 5.41) is 3.60. The molecule has 1 N–H and O–H groups in total. The van der Waals surface area contributed by atoms with Crippen LogP contribution < -0.4 is 5.32 Å². The van der Waals surface area contributed by atoms with E-state index in [0.29, 0.717) is 6.04 Å². The molecule has 1 saturated carbocycles. The second-order valence-electron chi connectivity index (χ2n) is 4.36. The van der Waals surface area contributed by atoms with Gasteiger partial charge in [-0.25, -0.2) is 0 Å². The summed E-state index contributed by atoms with van der Waals surface area (Å²) < 4.78 is 5.04. The molecule has 1 aliphatic rings. The van der Waals surface area contributed by atoms with Crippen LogP contribution in [0, 0.1) is 11.8 Å². The Bertz CT molecular complexity index is 128. The van der Waals surface area contributed by atoms with Crippen LogP contribution in [0.25, 0.3) is 0 Å². The van der Waals surface area contributed by atoms with Crippen molar-refractivity contribution in [3.8, 4) is 0 Å². The molecule has 1 rings (SSSR count). The molecule has 2 atom stereocenters. The molecule has 2 unspecified atom stereocenters. The Morgan fingerprint density at radius 1 is 1.23 bits per heavy atom. The maximum absolute atomic E-state index is 5.04. The zero-order valence-electron chi connectivity index (χ0n) is 9.18. The average molecular weight is 185 g/mol. The van der Waals surface area contributed by atoms with E-state index >= 15 is 0 Å². The molecular weight excluding hydrogens is 162 g/mol. The van der Waals surface area contributed by atoms with Gasteiger partial charge in [0.15, 0.2) is 0 Å². The van der Waals surface area contributed by atoms with Gasteiger partial charge in [-0.1, -0.05) is 20.3 Å². The van der Waals surface area contributed by atoms with Gasteiger partial charge in [-0.3, -0.25) is 0 Å². The van der Waals surface area contributed by atoms with Crippen molar-refractivity contribution in [3.05, 3.63) is 0 Å². The highest BCUT2D eigenvalue weighted by molar-refractivity contribution is 4.82. The monoisotopic (exact) mass is 185 g/mol. The number of ether oxygens (including phenoxy) is 1. The fourth-order valence-corrected chi connectivity index (χ4v) is 2.41. The SMILES string of the molecule is COCCNC1C(C)CCCC1C. The van der Waals surface area contributed by atoms with Gasteiger partial charge in [-0.15, -0.1) is 0 Å². The van der Waals surface area contributed by atoms with E-state index < -0.39 is 0 Å². The molecule has 1 fully saturated rings. The largest absolute Gasteiger partial charge is 0.383 e. The van der Waals surface area contributed by atoms with Gasteiger partial charge >= 0.3 is 0 Å². The lowest BCUT2D eigenvalue weighted by Gasteiger charge is -2.35. The Morgan fingerprint density at radius 2 is 1.85 bits per heavy atom. The fraction of sp³-hybridized carbons (Fsp3) is 1.00. The van der Waals surface area contributed by atoms with Crippen molar-refractivity contribution in [3.63, 3.8) is 0 Å². The second kappa shape index (κ2) is 5.61. The van der Waals surface area contributed by atoms with Crippen LogP contribution in [0.4, 0.5) is 0 Å². The fourth-order valence-electron chi connectivity index (χ4n) is 2.41. The van der Waals surface area contributed by atoms with E-state index in [1.165, 1.54) is 19.3 Å². The Hall–Kier alpha value is -0.0800. The molecular formula is C11H23NO. The lowest BCUT2D eigenvalue weighted by molar-refractivity contribution is 0.165. The van der Waals surface area contributed by atoms with E-state index in [-0.39, 0.29) is 0 Å². The molecule has 2 heteroatoms. The molecule has 0 aromatic rings. The van der Waals surface area contributed by atoms with Gasteiger partial charge in [-0.05, 0) is 24.7 Å². The Labute approximate surface area is 82.0 Å². The van der Waals surface area contributed by atoms with Crippen molar-refractivity contribution in [1.29, 1.82) is 0 Å². The molecule has 0 heterocycles. The van der Waals surface area contributed by atoms with E-state index in [2.05, 4.69) is 19.2 Å². The maximum atomic E-state index is 5.04. The summed E-state index contributed by atoms with van der Waals surface area (Å²) >= 11 is 0. The van der Waals surface area contributed by atoms with E-state index in [1.807, 2.05) is 0 Å². The van der Waals surface area contributed by atoms with E-state index in [4.69, 9.17) is 4.74 Å². The van der Waals surface area contributed by atoms with Crippen LogP contribution in [-0.2, 0) is 4.74 Å². The van der Waals surface area contributed by atoms with Crippen molar-refractivity contribution in [2.24, 2.45) is 11.8 Å². The van der Waals surface area contributed by atoms with E-state index in [9.17, 15) is 0 Å². The predicted molar refractivity (Wildman–Crippen MR) is 55.8 cm³/mol. The first-order valence-corrected chi connectivity index (χ1v) is 5.48. The summed E-state index contributed by atoms with van der Waals surface area (Å²) in [6, 6.07) is 0.712. The number of hydrogen-bond acceptors (Lipinski definition) is 2. The summed E-state index contributed by atoms with van der Waals surface area (Å²) in [5.41, 5.74) is 0. The van der Waals surface area contributed by atoms with Gasteiger partial charge in [0.05, 0.1) is 6.61 Å². The molecule has 1 aliphatic carbocycles. The van der Waals surface area contributed by atoms with Crippen LogP contribution in [-0.4, -0.2) is 26.3 Å². The molecule has 0 aromatic carbocycles. The highest BCUT2D eigenvalue weighted by Crippen LogP contribution is 2.28. The minimum absolute atomic E-state index is 0.712. The second-order valence-corrected chi connectivity index (χ2v) is 4.36. The van der Waals surface area contributed by atoms with Crippen molar-refractivity contribution >= 4 is 0 Å². The maximum Gasteiger partial charge on any atom is 0.0587 e. The van der Waals surface area contributed by atoms with Gasteiger partial charge in [0, 0.05) is 19.7 Å². The quantitative estimate of drug-likeness (QED) is 0.677. The zero-order chi connectivity index (χ0) is 9.68. The third-order valence-corrected chi connectivity index (χ3v) is 3.23. The topological polar surface area (TPSA) is 21.3 Å². The van der Waals surface area contributed by atoms with Crippen LogP contribution in [0.2, 0.25) is 0 Å². The number of hydrogen-bond donors (Lipinski definition) is 1. The third kappa shape index (κ3) is 3.28. The minimum Gasteiger partial charge on any atom is -0.383 e. The van der Waals surface area contributed by atoms with Gasteiger partial charge in [0.25, 0.3) is 0 Å². The first kappa shape index (κ1) is 11.0. The van der Waals surface area contributed by atoms with Crippen molar-refractivity contribution in [1.82, 2.24) is 5.32 Å². The number of nitrogens with one attached hydrogen (secondary N) is 1. The van der Waals surface area contributed by atoms with E-state index in [1.54, 1.807) is 7.11 Å².